The third-order valence-corrected chi connectivity index (χ3v) is 2.47. The van der Waals surface area contributed by atoms with E-state index in [1.807, 2.05) is 0 Å². The molecule has 98 valence electrons. The first kappa shape index (κ1) is 14.3. The van der Waals surface area contributed by atoms with Gasteiger partial charge in [0, 0.05) is 13.0 Å². The van der Waals surface area contributed by atoms with E-state index in [-0.39, 0.29) is 13.0 Å². The number of anilines is 1. The maximum Gasteiger partial charge on any atom is 0.326 e. The normalized spacial score (nSPS) is 11.7. The van der Waals surface area contributed by atoms with E-state index in [0.29, 0.717) is 10.7 Å². The maximum absolute atomic E-state index is 11.5. The second-order valence-electron chi connectivity index (χ2n) is 3.48. The molecule has 1 aromatic carbocycles. The molecule has 0 aliphatic carbocycles. The molecule has 0 aliphatic rings. The number of hydrogen-bond donors (Lipinski definition) is 4. The van der Waals surface area contributed by atoms with E-state index in [1.54, 1.807) is 24.3 Å². The molecule has 1 atom stereocenters. The molecule has 0 spiro atoms. The fourth-order valence-electron chi connectivity index (χ4n) is 1.27. The average Bonchev–Trinajstić information content (AvgIpc) is 2.31. The van der Waals surface area contributed by atoms with Gasteiger partial charge in [-0.15, -0.1) is 0 Å². The van der Waals surface area contributed by atoms with Crippen LogP contribution in [-0.4, -0.2) is 34.9 Å². The van der Waals surface area contributed by atoms with Gasteiger partial charge < -0.3 is 20.8 Å². The van der Waals surface area contributed by atoms with Crippen LogP contribution in [-0.2, 0) is 4.79 Å². The number of carboxylic acids is 1. The van der Waals surface area contributed by atoms with Gasteiger partial charge in [-0.1, -0.05) is 23.7 Å². The molecule has 2 amide bonds. The first-order valence-corrected chi connectivity index (χ1v) is 5.58. The summed E-state index contributed by atoms with van der Waals surface area (Å²) in [7, 11) is 0. The topological polar surface area (TPSA) is 98.7 Å². The fraction of sp³-hybridized carbons (Fsp3) is 0.273. The quantitative estimate of drug-likeness (QED) is 0.649. The zero-order chi connectivity index (χ0) is 13.5. The van der Waals surface area contributed by atoms with Crippen LogP contribution in [0, 0.1) is 0 Å². The van der Waals surface area contributed by atoms with E-state index in [9.17, 15) is 9.59 Å². The second-order valence-corrected chi connectivity index (χ2v) is 3.89. The first-order valence-electron chi connectivity index (χ1n) is 5.20. The van der Waals surface area contributed by atoms with Gasteiger partial charge in [-0.05, 0) is 12.1 Å². The minimum absolute atomic E-state index is 0.0642. The van der Waals surface area contributed by atoms with Crippen molar-refractivity contribution in [3.63, 3.8) is 0 Å². The lowest BCUT2D eigenvalue weighted by atomic mass is 10.2. The number of para-hydroxylation sites is 1. The van der Waals surface area contributed by atoms with Crippen LogP contribution in [0.3, 0.4) is 0 Å². The SMILES string of the molecule is O=C(Nc1ccccc1Cl)N[C@H](CCO)C(=O)O. The highest BCUT2D eigenvalue weighted by Gasteiger charge is 2.19. The summed E-state index contributed by atoms with van der Waals surface area (Å²) in [5, 5.41) is 22.5. The molecule has 0 aliphatic heterocycles. The second kappa shape index (κ2) is 6.83. The first-order chi connectivity index (χ1) is 8.54. The number of halogens is 1. The molecule has 0 saturated heterocycles. The Labute approximate surface area is 109 Å². The summed E-state index contributed by atoms with van der Waals surface area (Å²) < 4.78 is 0. The van der Waals surface area contributed by atoms with Crippen LogP contribution in [0.25, 0.3) is 0 Å². The number of benzene rings is 1. The molecule has 0 radical (unpaired) electrons. The van der Waals surface area contributed by atoms with Crippen molar-refractivity contribution < 1.29 is 19.8 Å². The van der Waals surface area contributed by atoms with Gasteiger partial charge in [-0.3, -0.25) is 0 Å². The van der Waals surface area contributed by atoms with Crippen LogP contribution in [0.15, 0.2) is 24.3 Å². The van der Waals surface area contributed by atoms with Crippen molar-refractivity contribution in [3.05, 3.63) is 29.3 Å². The third kappa shape index (κ3) is 4.23. The number of carbonyl (C=O) groups excluding carboxylic acids is 1. The number of urea groups is 1. The Morgan fingerprint density at radius 3 is 2.56 bits per heavy atom. The van der Waals surface area contributed by atoms with Crippen LogP contribution in [0.2, 0.25) is 5.02 Å². The lowest BCUT2D eigenvalue weighted by molar-refractivity contribution is -0.139. The molecular weight excluding hydrogens is 260 g/mol. The fourth-order valence-corrected chi connectivity index (χ4v) is 1.45. The monoisotopic (exact) mass is 272 g/mol. The molecule has 0 bridgehead atoms. The van der Waals surface area contributed by atoms with Crippen LogP contribution in [0.1, 0.15) is 6.42 Å². The predicted molar refractivity (Wildman–Crippen MR) is 66.7 cm³/mol. The molecular formula is C11H13ClN2O4. The van der Waals surface area contributed by atoms with Crippen LogP contribution >= 0.6 is 11.6 Å². The highest BCUT2D eigenvalue weighted by molar-refractivity contribution is 6.33. The maximum atomic E-state index is 11.5. The van der Waals surface area contributed by atoms with E-state index in [2.05, 4.69) is 10.6 Å². The largest absolute Gasteiger partial charge is 0.480 e. The standard InChI is InChI=1S/C11H13ClN2O4/c12-7-3-1-2-4-8(7)13-11(18)14-9(5-6-15)10(16)17/h1-4,9,15H,5-6H2,(H,16,17)(H2,13,14,18)/t9-/m1/s1. The summed E-state index contributed by atoms with van der Waals surface area (Å²) in [4.78, 5) is 22.3. The van der Waals surface area contributed by atoms with Crippen molar-refractivity contribution in [2.75, 3.05) is 11.9 Å². The Balaban J connectivity index is 2.61. The van der Waals surface area contributed by atoms with E-state index in [4.69, 9.17) is 21.8 Å². The van der Waals surface area contributed by atoms with Gasteiger partial charge in [0.25, 0.3) is 0 Å². The van der Waals surface area contributed by atoms with Crippen molar-refractivity contribution in [3.8, 4) is 0 Å². The molecule has 0 unspecified atom stereocenters. The number of nitrogens with one attached hydrogen (secondary N) is 2. The molecule has 0 fully saturated rings. The van der Waals surface area contributed by atoms with E-state index in [1.165, 1.54) is 0 Å². The summed E-state index contributed by atoms with van der Waals surface area (Å²) in [5.74, 6) is -1.21. The number of aliphatic hydroxyl groups is 1. The number of amides is 2. The van der Waals surface area contributed by atoms with E-state index < -0.39 is 18.0 Å². The molecule has 0 heterocycles. The van der Waals surface area contributed by atoms with Crippen molar-refractivity contribution in [2.24, 2.45) is 0 Å². The predicted octanol–water partition coefficient (Wildman–Crippen LogP) is 1.30. The number of carboxylic acid groups (broad SMARTS) is 1. The molecule has 6 nitrogen and oxygen atoms in total. The van der Waals surface area contributed by atoms with E-state index >= 15 is 0 Å². The zero-order valence-electron chi connectivity index (χ0n) is 9.39. The number of hydrogen-bond acceptors (Lipinski definition) is 3. The minimum atomic E-state index is -1.21. The van der Waals surface area contributed by atoms with Crippen LogP contribution < -0.4 is 10.6 Å². The van der Waals surface area contributed by atoms with Crippen molar-refractivity contribution >= 4 is 29.3 Å². The number of carbonyl (C=O) groups is 2. The van der Waals surface area contributed by atoms with Gasteiger partial charge >= 0.3 is 12.0 Å². The summed E-state index contributed by atoms with van der Waals surface area (Å²) in [5.41, 5.74) is 0.379. The highest BCUT2D eigenvalue weighted by Crippen LogP contribution is 2.20. The van der Waals surface area contributed by atoms with Gasteiger partial charge in [0.2, 0.25) is 0 Å². The number of aliphatic hydroxyl groups excluding tert-OH is 1. The van der Waals surface area contributed by atoms with Crippen molar-refractivity contribution in [1.82, 2.24) is 5.32 Å². The number of rotatable bonds is 5. The Morgan fingerprint density at radius 1 is 1.33 bits per heavy atom. The van der Waals surface area contributed by atoms with Gasteiger partial charge in [0.15, 0.2) is 0 Å². The minimum Gasteiger partial charge on any atom is -0.480 e. The third-order valence-electron chi connectivity index (χ3n) is 2.14. The summed E-state index contributed by atoms with van der Waals surface area (Å²) in [6, 6.07) is 4.74. The molecule has 7 heteroatoms. The summed E-state index contributed by atoms with van der Waals surface area (Å²) in [6.45, 7) is -0.330. The molecule has 1 rings (SSSR count). The lowest BCUT2D eigenvalue weighted by Crippen LogP contribution is -2.43. The Morgan fingerprint density at radius 2 is 2.00 bits per heavy atom. The summed E-state index contributed by atoms with van der Waals surface area (Å²) >= 11 is 5.83. The summed E-state index contributed by atoms with van der Waals surface area (Å²) in [6.07, 6.45) is -0.0642. The van der Waals surface area contributed by atoms with Crippen LogP contribution in [0.5, 0.6) is 0 Å². The molecule has 0 aromatic heterocycles. The van der Waals surface area contributed by atoms with E-state index in [0.717, 1.165) is 0 Å². The van der Waals surface area contributed by atoms with Gasteiger partial charge in [0.05, 0.1) is 10.7 Å². The zero-order valence-corrected chi connectivity index (χ0v) is 10.1. The van der Waals surface area contributed by atoms with Crippen molar-refractivity contribution in [2.45, 2.75) is 12.5 Å². The lowest BCUT2D eigenvalue weighted by Gasteiger charge is -2.14. The van der Waals surface area contributed by atoms with Gasteiger partial charge in [0.1, 0.15) is 6.04 Å². The van der Waals surface area contributed by atoms with Crippen molar-refractivity contribution in [1.29, 1.82) is 0 Å². The van der Waals surface area contributed by atoms with Gasteiger partial charge in [-0.2, -0.15) is 0 Å². The average molecular weight is 273 g/mol. The number of aliphatic carboxylic acids is 1. The Hall–Kier alpha value is -1.79. The molecule has 4 N–H and O–H groups in total. The van der Waals surface area contributed by atoms with Gasteiger partial charge in [-0.25, -0.2) is 9.59 Å². The molecule has 18 heavy (non-hydrogen) atoms. The Kier molecular flexibility index (Phi) is 5.41. The molecule has 1 aromatic rings. The Bertz CT molecular complexity index is 439. The smallest absolute Gasteiger partial charge is 0.326 e. The highest BCUT2D eigenvalue weighted by atomic mass is 35.5. The molecule has 0 saturated carbocycles. The van der Waals surface area contributed by atoms with Crippen LogP contribution in [0.4, 0.5) is 10.5 Å².